The molecule has 0 aromatic heterocycles. The molecule has 0 aliphatic heterocycles. The molecule has 0 saturated carbocycles. The first-order valence-corrected chi connectivity index (χ1v) is 0.622. The molecule has 0 spiro atoms. The summed E-state index contributed by atoms with van der Waals surface area (Å²) in [5, 5.41) is 5.86. The molecule has 0 aliphatic carbocycles. The number of hydrogen-bond donors (Lipinski definition) is 2. The minimum atomic E-state index is 0. The van der Waals surface area contributed by atoms with Gasteiger partial charge in [-0.05, 0) is 0 Å². The molecule has 3 heteroatoms. The van der Waals surface area contributed by atoms with Crippen LogP contribution in [-0.2, 0) is 0 Å². The van der Waals surface area contributed by atoms with E-state index < -0.39 is 0 Å². The third kappa shape index (κ3) is 15.3. The molecule has 4 heavy (non-hydrogen) atoms. The van der Waals surface area contributed by atoms with Crippen LogP contribution in [0.25, 0.3) is 0 Å². The molecule has 0 aromatic rings. The van der Waals surface area contributed by atoms with Crippen molar-refractivity contribution >= 4 is 44.1 Å². The summed E-state index contributed by atoms with van der Waals surface area (Å²) in [5.41, 5.74) is 4.39. The van der Waals surface area contributed by atoms with Gasteiger partial charge in [-0.2, -0.15) is 0 Å². The summed E-state index contributed by atoms with van der Waals surface area (Å²) in [7, 11) is 0. The quantitative estimate of drug-likeness (QED) is 0.231. The topological polar surface area (TPSA) is 49.9 Å². The van der Waals surface area contributed by atoms with Gasteiger partial charge in [-0.3, -0.25) is 5.41 Å². The third-order valence-corrected chi connectivity index (χ3v) is 0. The second kappa shape index (κ2) is 9.29. The van der Waals surface area contributed by atoms with E-state index in [4.69, 9.17) is 5.41 Å². The van der Waals surface area contributed by atoms with Crippen molar-refractivity contribution in [2.24, 2.45) is 5.73 Å². The maximum Gasteiger partial charge on any atom is 2.00 e. The number of nitrogens with one attached hydrogen (secondary N) is 1. The van der Waals surface area contributed by atoms with Crippen molar-refractivity contribution in [3.8, 4) is 0 Å². The first-order valence-electron chi connectivity index (χ1n) is 0.622. The molecule has 0 amide bonds. The third-order valence-electron chi connectivity index (χ3n) is 0. The molecule has 0 heterocycles. The van der Waals surface area contributed by atoms with E-state index >= 15 is 0 Å². The molecule has 0 aliphatic rings. The van der Waals surface area contributed by atoms with Crippen LogP contribution in [0, 0.1) is 5.41 Å². The Labute approximate surface area is 57.8 Å². The largest absolute Gasteiger partial charge is 2.00 e. The Morgan fingerprint density at radius 2 is 2.00 bits per heavy atom. The molecule has 22 valence electrons. The van der Waals surface area contributed by atoms with Crippen LogP contribution >= 0.6 is 0 Å². The fraction of sp³-hybridized carbons (Fsp3) is 0. The van der Waals surface area contributed by atoms with Gasteiger partial charge >= 0.3 is 37.7 Å². The number of rotatable bonds is 0. The molecule has 0 rings (SSSR count). The van der Waals surface area contributed by atoms with Crippen LogP contribution in [-0.4, -0.2) is 44.1 Å². The molecule has 3 N–H and O–H groups in total. The summed E-state index contributed by atoms with van der Waals surface area (Å²) in [6.45, 7) is 0. The van der Waals surface area contributed by atoms with Crippen LogP contribution in [0.3, 0.4) is 0 Å². The van der Waals surface area contributed by atoms with Crippen molar-refractivity contribution in [3.63, 3.8) is 0 Å². The van der Waals surface area contributed by atoms with E-state index in [9.17, 15) is 0 Å². The van der Waals surface area contributed by atoms with Gasteiger partial charge in [0.1, 0.15) is 0 Å². The van der Waals surface area contributed by atoms with Crippen LogP contribution in [0.5, 0.6) is 0 Å². The summed E-state index contributed by atoms with van der Waals surface area (Å²) in [6, 6.07) is 0. The Hall–Kier alpha value is 0.730. The Bertz CT molecular complexity index is 19.0. The second-order valence-electron chi connectivity index (χ2n) is 0.167. The van der Waals surface area contributed by atoms with Gasteiger partial charge in [0.25, 0.3) is 0 Å². The average molecular weight is 86.2 g/mol. The van der Waals surface area contributed by atoms with Crippen LogP contribution in [0.4, 0.5) is 0 Å². The maximum absolute atomic E-state index is 5.86. The predicted octanol–water partition coefficient (Wildman–Crippen LogP) is -0.604. The van der Waals surface area contributed by atoms with Crippen molar-refractivity contribution in [1.82, 2.24) is 0 Å². The molecule has 0 radical (unpaired) electrons. The average Bonchev–Trinajstić information content (AvgIpc) is 0.918. The van der Waals surface area contributed by atoms with E-state index in [1.807, 2.05) is 0 Å². The molecule has 0 fully saturated rings. The van der Waals surface area contributed by atoms with Gasteiger partial charge in [0.05, 0.1) is 6.34 Å². The Kier molecular flexibility index (Phi) is 20.5. The molecule has 0 unspecified atom stereocenters. The number of hydrogen-bond acceptors (Lipinski definition) is 1. The van der Waals surface area contributed by atoms with E-state index in [0.717, 1.165) is 6.34 Å². The van der Waals surface area contributed by atoms with E-state index in [1.54, 1.807) is 0 Å². The van der Waals surface area contributed by atoms with E-state index in [0.29, 0.717) is 0 Å². The van der Waals surface area contributed by atoms with Crippen molar-refractivity contribution < 1.29 is 2.85 Å². The monoisotopic (exact) mass is 86.0 g/mol. The van der Waals surface area contributed by atoms with Gasteiger partial charge in [-0.1, -0.05) is 0 Å². The molecule has 0 atom stereocenters. The van der Waals surface area contributed by atoms with Crippen LogP contribution in [0.2, 0.25) is 0 Å². The minimum Gasteiger partial charge on any atom is -1.00 e. The van der Waals surface area contributed by atoms with Gasteiger partial charge in [0.2, 0.25) is 0 Å². The fourth-order valence-electron chi connectivity index (χ4n) is 0. The van der Waals surface area contributed by atoms with E-state index in [1.165, 1.54) is 0 Å². The summed E-state index contributed by atoms with van der Waals surface area (Å²) in [6.07, 6.45) is 0.750. The predicted molar refractivity (Wildman–Crippen MR) is 20.9 cm³/mol. The van der Waals surface area contributed by atoms with Gasteiger partial charge < -0.3 is 8.59 Å². The van der Waals surface area contributed by atoms with Gasteiger partial charge in [0, 0.05) is 0 Å². The molecule has 0 bridgehead atoms. The normalized spacial score (nSPS) is 3.00. The molecule has 0 saturated heterocycles. The van der Waals surface area contributed by atoms with Gasteiger partial charge in [-0.15, -0.1) is 0 Å². The molecular formula is CH6CaN2. The van der Waals surface area contributed by atoms with E-state index in [-0.39, 0.29) is 40.6 Å². The Balaban J connectivity index is -0.00000000667. The SMILES string of the molecule is N=CN.[Ca+2].[H-].[H-]. The van der Waals surface area contributed by atoms with Crippen LogP contribution < -0.4 is 5.73 Å². The summed E-state index contributed by atoms with van der Waals surface area (Å²) >= 11 is 0. The second-order valence-corrected chi connectivity index (χ2v) is 0.167. The van der Waals surface area contributed by atoms with Crippen LogP contribution in [0.15, 0.2) is 0 Å². The summed E-state index contributed by atoms with van der Waals surface area (Å²) in [5.74, 6) is 0. The van der Waals surface area contributed by atoms with Gasteiger partial charge in [-0.25, -0.2) is 0 Å². The summed E-state index contributed by atoms with van der Waals surface area (Å²) < 4.78 is 0. The Morgan fingerprint density at radius 1 is 2.00 bits per heavy atom. The minimum absolute atomic E-state index is 0. The van der Waals surface area contributed by atoms with Crippen LogP contribution in [0.1, 0.15) is 2.85 Å². The van der Waals surface area contributed by atoms with Crippen molar-refractivity contribution in [3.05, 3.63) is 0 Å². The van der Waals surface area contributed by atoms with Crippen molar-refractivity contribution in [2.75, 3.05) is 0 Å². The smallest absolute Gasteiger partial charge is 1.00 e. The first kappa shape index (κ1) is 8.83. The maximum atomic E-state index is 5.86. The van der Waals surface area contributed by atoms with Crippen molar-refractivity contribution in [2.45, 2.75) is 0 Å². The first-order chi connectivity index (χ1) is 1.41. The van der Waals surface area contributed by atoms with Crippen molar-refractivity contribution in [1.29, 1.82) is 5.41 Å². The summed E-state index contributed by atoms with van der Waals surface area (Å²) in [4.78, 5) is 0. The standard InChI is InChI=1S/CH4N2.Ca.2H/c2-1-3;;;/h1H,(H3,2,3);;;/q;+2;2*-1. The molecule has 0 aromatic carbocycles. The number of nitrogens with two attached hydrogens (primary N) is 1. The zero-order valence-electron chi connectivity index (χ0n) is 4.36. The zero-order chi connectivity index (χ0) is 2.71. The molecular weight excluding hydrogens is 80.1 g/mol. The van der Waals surface area contributed by atoms with E-state index in [2.05, 4.69) is 5.73 Å². The fourth-order valence-corrected chi connectivity index (χ4v) is 0. The Morgan fingerprint density at radius 3 is 2.00 bits per heavy atom. The zero-order valence-corrected chi connectivity index (χ0v) is 4.57. The van der Waals surface area contributed by atoms with Gasteiger partial charge in [0.15, 0.2) is 0 Å². The molecule has 2 nitrogen and oxygen atoms in total.